The Morgan fingerprint density at radius 2 is 1.92 bits per heavy atom. The third kappa shape index (κ3) is 4.78. The average Bonchev–Trinajstić information content (AvgIpc) is 2.62. The smallest absolute Gasteiger partial charge is 0.271 e. The second-order valence-corrected chi connectivity index (χ2v) is 5.86. The lowest BCUT2D eigenvalue weighted by Gasteiger charge is -2.16. The number of rotatable bonds is 8. The third-order valence-corrected chi connectivity index (χ3v) is 4.10. The fourth-order valence-electron chi connectivity index (χ4n) is 2.57. The lowest BCUT2D eigenvalue weighted by molar-refractivity contribution is 0.0943. The summed E-state index contributed by atoms with van der Waals surface area (Å²) in [6.07, 6.45) is 2.78. The number of carbonyl (C=O) groups excluding carboxylic acids is 1. The Bertz CT molecular complexity index is 710. The molecule has 1 N–H and O–H groups in total. The van der Waals surface area contributed by atoms with Gasteiger partial charge in [-0.3, -0.25) is 9.59 Å². The lowest BCUT2D eigenvalue weighted by atomic mass is 9.96. The van der Waals surface area contributed by atoms with Crippen molar-refractivity contribution in [1.29, 1.82) is 0 Å². The zero-order valence-corrected chi connectivity index (χ0v) is 14.4. The molecule has 2 aromatic rings. The normalized spacial score (nSPS) is 11.9. The van der Waals surface area contributed by atoms with E-state index in [-0.39, 0.29) is 23.1 Å². The Labute approximate surface area is 142 Å². The summed E-state index contributed by atoms with van der Waals surface area (Å²) in [5.41, 5.74) is 1.32. The number of unbranched alkanes of at least 4 members (excludes halogenated alkanes) is 1. The molecule has 0 radical (unpaired) electrons. The van der Waals surface area contributed by atoms with Crippen molar-refractivity contribution in [2.24, 2.45) is 0 Å². The molecule has 1 unspecified atom stereocenters. The minimum absolute atomic E-state index is 0.171. The van der Waals surface area contributed by atoms with Gasteiger partial charge in [-0.25, -0.2) is 4.68 Å². The molecule has 1 amide bonds. The Balaban J connectivity index is 2.02. The van der Waals surface area contributed by atoms with Crippen molar-refractivity contribution >= 4 is 5.91 Å². The van der Waals surface area contributed by atoms with Gasteiger partial charge in [-0.05, 0) is 24.5 Å². The van der Waals surface area contributed by atoms with Crippen molar-refractivity contribution in [1.82, 2.24) is 15.1 Å². The van der Waals surface area contributed by atoms with Crippen LogP contribution < -0.4 is 10.9 Å². The van der Waals surface area contributed by atoms with Gasteiger partial charge in [0.2, 0.25) is 0 Å². The van der Waals surface area contributed by atoms with Crippen molar-refractivity contribution in [3.8, 4) is 0 Å². The highest BCUT2D eigenvalue weighted by molar-refractivity contribution is 5.92. The van der Waals surface area contributed by atoms with Crippen LogP contribution in [0.3, 0.4) is 0 Å². The molecule has 0 saturated carbocycles. The number of hydrogen-bond donors (Lipinski definition) is 1. The van der Waals surface area contributed by atoms with Crippen LogP contribution >= 0.6 is 0 Å². The maximum atomic E-state index is 12.3. The predicted octanol–water partition coefficient (Wildman–Crippen LogP) is 2.97. The molecule has 0 aliphatic heterocycles. The first-order valence-electron chi connectivity index (χ1n) is 8.57. The Morgan fingerprint density at radius 1 is 1.17 bits per heavy atom. The van der Waals surface area contributed by atoms with Crippen molar-refractivity contribution in [2.45, 2.75) is 45.6 Å². The number of hydrogen-bond acceptors (Lipinski definition) is 3. The molecule has 128 valence electrons. The molecule has 1 aromatic carbocycles. The van der Waals surface area contributed by atoms with E-state index in [2.05, 4.69) is 36.4 Å². The van der Waals surface area contributed by atoms with Crippen LogP contribution in [-0.2, 0) is 6.54 Å². The summed E-state index contributed by atoms with van der Waals surface area (Å²) < 4.78 is 1.37. The van der Waals surface area contributed by atoms with E-state index in [0.717, 1.165) is 19.3 Å². The fourth-order valence-corrected chi connectivity index (χ4v) is 2.57. The van der Waals surface area contributed by atoms with Crippen molar-refractivity contribution in [3.05, 3.63) is 64.1 Å². The largest absolute Gasteiger partial charge is 0.350 e. The minimum atomic E-state index is -0.241. The first-order valence-corrected chi connectivity index (χ1v) is 8.57. The molecule has 0 spiro atoms. The summed E-state index contributed by atoms with van der Waals surface area (Å²) in [4.78, 5) is 24.1. The van der Waals surface area contributed by atoms with Crippen LogP contribution in [0.1, 0.15) is 55.1 Å². The van der Waals surface area contributed by atoms with Gasteiger partial charge in [0.05, 0.1) is 0 Å². The summed E-state index contributed by atoms with van der Waals surface area (Å²) in [6.45, 7) is 5.25. The lowest BCUT2D eigenvalue weighted by Crippen LogP contribution is -2.32. The molecule has 0 fully saturated rings. The van der Waals surface area contributed by atoms with Gasteiger partial charge in [0, 0.05) is 25.1 Å². The van der Waals surface area contributed by atoms with Crippen LogP contribution in [0.2, 0.25) is 0 Å². The van der Waals surface area contributed by atoms with E-state index >= 15 is 0 Å². The highest BCUT2D eigenvalue weighted by Gasteiger charge is 2.13. The predicted molar refractivity (Wildman–Crippen MR) is 95.2 cm³/mol. The quantitative estimate of drug-likeness (QED) is 0.811. The maximum Gasteiger partial charge on any atom is 0.271 e. The summed E-state index contributed by atoms with van der Waals surface area (Å²) in [7, 11) is 0. The molecule has 1 heterocycles. The molecule has 24 heavy (non-hydrogen) atoms. The van der Waals surface area contributed by atoms with Crippen molar-refractivity contribution < 1.29 is 4.79 Å². The fraction of sp³-hybridized carbons (Fsp3) is 0.421. The minimum Gasteiger partial charge on any atom is -0.350 e. The van der Waals surface area contributed by atoms with Gasteiger partial charge in [0.25, 0.3) is 11.5 Å². The van der Waals surface area contributed by atoms with Gasteiger partial charge >= 0.3 is 0 Å². The van der Waals surface area contributed by atoms with E-state index in [1.54, 1.807) is 0 Å². The van der Waals surface area contributed by atoms with E-state index in [9.17, 15) is 9.59 Å². The molecular formula is C19H25N3O2. The molecule has 1 atom stereocenters. The second kappa shape index (κ2) is 9.01. The zero-order chi connectivity index (χ0) is 17.4. The second-order valence-electron chi connectivity index (χ2n) is 5.86. The van der Waals surface area contributed by atoms with Crippen LogP contribution in [0.4, 0.5) is 0 Å². The Morgan fingerprint density at radius 3 is 2.58 bits per heavy atom. The highest BCUT2D eigenvalue weighted by atomic mass is 16.2. The standard InChI is InChI=1S/C19H25N3O2/c1-3-5-13-22-18(23)12-11-17(21-22)19(24)20-14-15(4-2)16-9-7-6-8-10-16/h6-12,15H,3-5,13-14H2,1-2H3,(H,20,24). The molecule has 0 saturated heterocycles. The number of nitrogens with one attached hydrogen (secondary N) is 1. The molecular weight excluding hydrogens is 302 g/mol. The summed E-state index contributed by atoms with van der Waals surface area (Å²) in [6, 6.07) is 13.0. The number of benzene rings is 1. The molecule has 5 heteroatoms. The first-order chi connectivity index (χ1) is 11.7. The van der Waals surface area contributed by atoms with Gasteiger partial charge in [0.15, 0.2) is 0 Å². The summed E-state index contributed by atoms with van der Waals surface area (Å²) >= 11 is 0. The average molecular weight is 327 g/mol. The molecule has 0 bridgehead atoms. The SMILES string of the molecule is CCCCn1nc(C(=O)NCC(CC)c2ccccc2)ccc1=O. The number of aromatic nitrogens is 2. The van der Waals surface area contributed by atoms with Crippen molar-refractivity contribution in [3.63, 3.8) is 0 Å². The first kappa shape index (κ1) is 17.9. The Kier molecular flexibility index (Phi) is 6.73. The summed E-state index contributed by atoms with van der Waals surface area (Å²) in [5, 5.41) is 7.11. The van der Waals surface area contributed by atoms with Crippen LogP contribution in [0, 0.1) is 0 Å². The van der Waals surface area contributed by atoms with Gasteiger partial charge < -0.3 is 5.32 Å². The van der Waals surface area contributed by atoms with Gasteiger partial charge in [-0.1, -0.05) is 50.6 Å². The molecule has 0 aliphatic carbocycles. The third-order valence-electron chi connectivity index (χ3n) is 4.10. The topological polar surface area (TPSA) is 64.0 Å². The van der Waals surface area contributed by atoms with Gasteiger partial charge in [0.1, 0.15) is 5.69 Å². The number of carbonyl (C=O) groups is 1. The molecule has 5 nitrogen and oxygen atoms in total. The van der Waals surface area contributed by atoms with Crippen LogP contribution in [0.25, 0.3) is 0 Å². The van der Waals surface area contributed by atoms with Gasteiger partial charge in [-0.2, -0.15) is 5.10 Å². The highest BCUT2D eigenvalue weighted by Crippen LogP contribution is 2.17. The molecule has 2 rings (SSSR count). The van der Waals surface area contributed by atoms with Crippen LogP contribution in [0.15, 0.2) is 47.3 Å². The number of aryl methyl sites for hydroxylation is 1. The van der Waals surface area contributed by atoms with E-state index in [1.165, 1.54) is 22.4 Å². The number of nitrogens with zero attached hydrogens (tertiary/aromatic N) is 2. The van der Waals surface area contributed by atoms with Crippen LogP contribution in [0.5, 0.6) is 0 Å². The van der Waals surface area contributed by atoms with Crippen LogP contribution in [-0.4, -0.2) is 22.2 Å². The monoisotopic (exact) mass is 327 g/mol. The summed E-state index contributed by atoms with van der Waals surface area (Å²) in [5.74, 6) is 0.0239. The maximum absolute atomic E-state index is 12.3. The van der Waals surface area contributed by atoms with E-state index in [0.29, 0.717) is 13.1 Å². The van der Waals surface area contributed by atoms with E-state index in [1.807, 2.05) is 18.2 Å². The van der Waals surface area contributed by atoms with E-state index in [4.69, 9.17) is 0 Å². The molecule has 1 aromatic heterocycles. The molecule has 0 aliphatic rings. The Hall–Kier alpha value is -2.43. The van der Waals surface area contributed by atoms with Crippen molar-refractivity contribution in [2.75, 3.05) is 6.54 Å². The van der Waals surface area contributed by atoms with Gasteiger partial charge in [-0.15, -0.1) is 0 Å². The number of amides is 1. The van der Waals surface area contributed by atoms with E-state index < -0.39 is 0 Å². The zero-order valence-electron chi connectivity index (χ0n) is 14.4.